The predicted molar refractivity (Wildman–Crippen MR) is 92.4 cm³/mol. The normalized spacial score (nSPS) is 11.0. The molecule has 0 N–H and O–H groups in total. The molecule has 0 unspecified atom stereocenters. The average Bonchev–Trinajstić information content (AvgIpc) is 3.08. The van der Waals surface area contributed by atoms with Crippen LogP contribution in [0.25, 0.3) is 21.1 Å². The summed E-state index contributed by atoms with van der Waals surface area (Å²) >= 11 is 9.69. The fourth-order valence-corrected chi connectivity index (χ4v) is 4.30. The van der Waals surface area contributed by atoms with Crippen LogP contribution in [0.1, 0.15) is 23.9 Å². The predicted octanol–water partition coefficient (Wildman–Crippen LogP) is 5.85. The van der Waals surface area contributed by atoms with Gasteiger partial charge in [-0.3, -0.25) is 0 Å². The van der Waals surface area contributed by atoms with Gasteiger partial charge in [0.05, 0.1) is 20.6 Å². The molecule has 3 rings (SSSR count). The van der Waals surface area contributed by atoms with E-state index in [9.17, 15) is 0 Å². The fraction of sp³-hybridized carbons (Fsp3) is 0.250. The quantitative estimate of drug-likeness (QED) is 0.598. The van der Waals surface area contributed by atoms with Crippen LogP contribution in [0.2, 0.25) is 5.02 Å². The summed E-state index contributed by atoms with van der Waals surface area (Å²) in [7, 11) is 0. The molecule has 2 nitrogen and oxygen atoms in total. The Bertz CT molecular complexity index is 761. The zero-order chi connectivity index (χ0) is 14.8. The molecular formula is C16H15ClN2S2. The molecule has 2 aromatic heterocycles. The van der Waals surface area contributed by atoms with Gasteiger partial charge < -0.3 is 0 Å². The van der Waals surface area contributed by atoms with Crippen LogP contribution in [0.3, 0.4) is 0 Å². The van der Waals surface area contributed by atoms with Crippen molar-refractivity contribution in [1.82, 2.24) is 9.97 Å². The standard InChI is InChI=1S/C16H15ClN2S2/c1-3-4-15-18-8-14(21-15)16-19-13(9-20-16)11-6-5-10(2)7-12(11)17/h5-9H,3-4H2,1-2H3. The molecule has 2 heterocycles. The van der Waals surface area contributed by atoms with E-state index < -0.39 is 0 Å². The molecule has 0 aliphatic heterocycles. The second-order valence-corrected chi connectivity index (χ2v) is 7.27. The summed E-state index contributed by atoms with van der Waals surface area (Å²) in [5, 5.41) is 5.01. The largest absolute Gasteiger partial charge is 0.249 e. The van der Waals surface area contributed by atoms with E-state index in [1.807, 2.05) is 25.3 Å². The smallest absolute Gasteiger partial charge is 0.135 e. The molecule has 0 spiro atoms. The number of hydrogen-bond acceptors (Lipinski definition) is 4. The maximum absolute atomic E-state index is 6.32. The van der Waals surface area contributed by atoms with Gasteiger partial charge in [-0.2, -0.15) is 0 Å². The highest BCUT2D eigenvalue weighted by Gasteiger charge is 2.12. The van der Waals surface area contributed by atoms with Gasteiger partial charge in [0, 0.05) is 17.1 Å². The van der Waals surface area contributed by atoms with Gasteiger partial charge in [0.1, 0.15) is 5.01 Å². The summed E-state index contributed by atoms with van der Waals surface area (Å²) in [6.07, 6.45) is 4.08. The summed E-state index contributed by atoms with van der Waals surface area (Å²) < 4.78 is 0. The Morgan fingerprint density at radius 3 is 2.90 bits per heavy atom. The van der Waals surface area contributed by atoms with E-state index in [-0.39, 0.29) is 0 Å². The number of hydrogen-bond donors (Lipinski definition) is 0. The molecule has 3 aromatic rings. The van der Waals surface area contributed by atoms with E-state index in [0.717, 1.165) is 44.6 Å². The van der Waals surface area contributed by atoms with Gasteiger partial charge in [0.15, 0.2) is 0 Å². The Kier molecular flexibility index (Phi) is 4.38. The van der Waals surface area contributed by atoms with Crippen LogP contribution in [0.15, 0.2) is 29.8 Å². The highest BCUT2D eigenvalue weighted by atomic mass is 35.5. The first-order chi connectivity index (χ1) is 10.2. The SMILES string of the molecule is CCCc1ncc(-c2nc(-c3ccc(C)cc3Cl)cs2)s1. The molecule has 0 saturated carbocycles. The van der Waals surface area contributed by atoms with Gasteiger partial charge in [-0.1, -0.05) is 30.7 Å². The minimum absolute atomic E-state index is 0.753. The summed E-state index contributed by atoms with van der Waals surface area (Å²) in [4.78, 5) is 10.3. The van der Waals surface area contributed by atoms with Gasteiger partial charge >= 0.3 is 0 Å². The number of aromatic nitrogens is 2. The van der Waals surface area contributed by atoms with Crippen molar-refractivity contribution in [2.24, 2.45) is 0 Å². The van der Waals surface area contributed by atoms with Crippen molar-refractivity contribution < 1.29 is 0 Å². The monoisotopic (exact) mass is 334 g/mol. The minimum Gasteiger partial charge on any atom is -0.249 e. The zero-order valence-corrected chi connectivity index (χ0v) is 14.3. The van der Waals surface area contributed by atoms with Gasteiger partial charge in [0.2, 0.25) is 0 Å². The van der Waals surface area contributed by atoms with Gasteiger partial charge in [0.25, 0.3) is 0 Å². The summed E-state index contributed by atoms with van der Waals surface area (Å²) in [6.45, 7) is 4.21. The third-order valence-corrected chi connectivity index (χ3v) is 5.51. The first-order valence-corrected chi connectivity index (χ1v) is 8.92. The second kappa shape index (κ2) is 6.26. The van der Waals surface area contributed by atoms with Crippen molar-refractivity contribution in [3.63, 3.8) is 0 Å². The Balaban J connectivity index is 1.91. The molecule has 21 heavy (non-hydrogen) atoms. The van der Waals surface area contributed by atoms with E-state index in [1.54, 1.807) is 22.7 Å². The lowest BCUT2D eigenvalue weighted by Gasteiger charge is -2.01. The minimum atomic E-state index is 0.753. The van der Waals surface area contributed by atoms with Crippen LogP contribution in [0.5, 0.6) is 0 Å². The topological polar surface area (TPSA) is 25.8 Å². The van der Waals surface area contributed by atoms with E-state index >= 15 is 0 Å². The summed E-state index contributed by atoms with van der Waals surface area (Å²) in [6, 6.07) is 6.07. The molecule has 0 fully saturated rings. The van der Waals surface area contributed by atoms with E-state index in [1.165, 1.54) is 5.01 Å². The highest BCUT2D eigenvalue weighted by Crippen LogP contribution is 2.35. The number of benzene rings is 1. The van der Waals surface area contributed by atoms with Gasteiger partial charge in [-0.05, 0) is 31.4 Å². The molecular weight excluding hydrogens is 320 g/mol. The molecule has 0 aliphatic rings. The molecule has 0 amide bonds. The molecule has 5 heteroatoms. The lowest BCUT2D eigenvalue weighted by molar-refractivity contribution is 0.909. The molecule has 0 bridgehead atoms. The first kappa shape index (κ1) is 14.7. The Morgan fingerprint density at radius 2 is 2.14 bits per heavy atom. The first-order valence-electron chi connectivity index (χ1n) is 6.84. The van der Waals surface area contributed by atoms with Crippen molar-refractivity contribution in [3.8, 4) is 21.1 Å². The number of halogens is 1. The molecule has 0 radical (unpaired) electrons. The van der Waals surface area contributed by atoms with Crippen LogP contribution >= 0.6 is 34.3 Å². The van der Waals surface area contributed by atoms with Crippen molar-refractivity contribution in [1.29, 1.82) is 0 Å². The maximum Gasteiger partial charge on any atom is 0.135 e. The van der Waals surface area contributed by atoms with Crippen molar-refractivity contribution in [3.05, 3.63) is 45.4 Å². The van der Waals surface area contributed by atoms with Crippen molar-refractivity contribution in [2.45, 2.75) is 26.7 Å². The number of aryl methyl sites for hydroxylation is 2. The van der Waals surface area contributed by atoms with Crippen LogP contribution in [0.4, 0.5) is 0 Å². The Labute approximate surface area is 137 Å². The van der Waals surface area contributed by atoms with Crippen molar-refractivity contribution in [2.75, 3.05) is 0 Å². The summed E-state index contributed by atoms with van der Waals surface area (Å²) in [5.74, 6) is 0. The number of nitrogens with zero attached hydrogens (tertiary/aromatic N) is 2. The highest BCUT2D eigenvalue weighted by molar-refractivity contribution is 7.21. The van der Waals surface area contributed by atoms with Crippen LogP contribution in [-0.2, 0) is 6.42 Å². The van der Waals surface area contributed by atoms with Crippen molar-refractivity contribution >= 4 is 34.3 Å². The van der Waals surface area contributed by atoms with Crippen LogP contribution in [0, 0.1) is 6.92 Å². The molecule has 0 atom stereocenters. The molecule has 0 saturated heterocycles. The second-order valence-electron chi connectivity index (χ2n) is 4.89. The average molecular weight is 335 g/mol. The van der Waals surface area contributed by atoms with E-state index in [0.29, 0.717) is 0 Å². The Morgan fingerprint density at radius 1 is 1.29 bits per heavy atom. The van der Waals surface area contributed by atoms with Gasteiger partial charge in [-0.15, -0.1) is 22.7 Å². The van der Waals surface area contributed by atoms with Crippen LogP contribution in [-0.4, -0.2) is 9.97 Å². The van der Waals surface area contributed by atoms with Crippen LogP contribution < -0.4 is 0 Å². The zero-order valence-electron chi connectivity index (χ0n) is 11.9. The molecule has 108 valence electrons. The molecule has 1 aromatic carbocycles. The molecule has 0 aliphatic carbocycles. The fourth-order valence-electron chi connectivity index (χ4n) is 2.08. The summed E-state index contributed by atoms with van der Waals surface area (Å²) in [5.41, 5.74) is 3.08. The lowest BCUT2D eigenvalue weighted by atomic mass is 10.1. The third-order valence-electron chi connectivity index (χ3n) is 3.13. The maximum atomic E-state index is 6.32. The third kappa shape index (κ3) is 3.18. The Hall–Kier alpha value is -1.23. The number of rotatable bonds is 4. The van der Waals surface area contributed by atoms with Gasteiger partial charge in [-0.25, -0.2) is 9.97 Å². The van der Waals surface area contributed by atoms with E-state index in [4.69, 9.17) is 16.6 Å². The van der Waals surface area contributed by atoms with E-state index in [2.05, 4.69) is 23.4 Å². The number of thiazole rings is 2. The lowest BCUT2D eigenvalue weighted by Crippen LogP contribution is -1.81.